The molecule has 1 aromatic rings. The van der Waals surface area contributed by atoms with Gasteiger partial charge in [-0.05, 0) is 37.1 Å². The summed E-state index contributed by atoms with van der Waals surface area (Å²) in [7, 11) is -3.36. The molecule has 1 aromatic carbocycles. The normalized spacial score (nSPS) is 21.8. The summed E-state index contributed by atoms with van der Waals surface area (Å²) in [6, 6.07) is 6.52. The van der Waals surface area contributed by atoms with E-state index in [9.17, 15) is 18.0 Å². The van der Waals surface area contributed by atoms with E-state index in [2.05, 4.69) is 4.90 Å². The largest absolute Gasteiger partial charge is 0.368 e. The molecule has 2 heterocycles. The molecule has 142 valence electrons. The number of hydrogen-bond acceptors (Lipinski definition) is 5. The molecule has 0 aromatic heterocycles. The highest BCUT2D eigenvalue weighted by atomic mass is 32.2. The van der Waals surface area contributed by atoms with E-state index >= 15 is 0 Å². The maximum absolute atomic E-state index is 12.8. The van der Waals surface area contributed by atoms with Crippen molar-refractivity contribution >= 4 is 27.5 Å². The number of amides is 2. The molecule has 0 spiro atoms. The van der Waals surface area contributed by atoms with Crippen molar-refractivity contribution in [1.29, 1.82) is 0 Å². The highest BCUT2D eigenvalue weighted by molar-refractivity contribution is 7.88. The molecular formula is C17H24N4O4S. The summed E-state index contributed by atoms with van der Waals surface area (Å²) in [5, 5.41) is 0. The molecule has 3 rings (SSSR count). The Labute approximate surface area is 153 Å². The quantitative estimate of drug-likeness (QED) is 0.783. The molecule has 2 aliphatic heterocycles. The van der Waals surface area contributed by atoms with Crippen LogP contribution >= 0.6 is 0 Å². The molecule has 26 heavy (non-hydrogen) atoms. The number of nitrogens with two attached hydrogens (primary N) is 1. The van der Waals surface area contributed by atoms with Gasteiger partial charge < -0.3 is 15.5 Å². The zero-order valence-corrected chi connectivity index (χ0v) is 15.6. The lowest BCUT2D eigenvalue weighted by Gasteiger charge is -2.38. The van der Waals surface area contributed by atoms with Crippen molar-refractivity contribution in [2.45, 2.75) is 18.9 Å². The van der Waals surface area contributed by atoms with E-state index in [1.807, 2.05) is 12.1 Å². The van der Waals surface area contributed by atoms with Crippen molar-refractivity contribution in [2.75, 3.05) is 43.9 Å². The first-order valence-electron chi connectivity index (χ1n) is 8.68. The molecule has 0 radical (unpaired) electrons. The van der Waals surface area contributed by atoms with Crippen molar-refractivity contribution in [2.24, 2.45) is 5.73 Å². The minimum atomic E-state index is -3.36. The molecule has 2 fully saturated rings. The second-order valence-electron chi connectivity index (χ2n) is 6.76. The van der Waals surface area contributed by atoms with Gasteiger partial charge in [0.05, 0.1) is 6.26 Å². The lowest BCUT2D eigenvalue weighted by molar-refractivity contribution is -0.134. The van der Waals surface area contributed by atoms with Gasteiger partial charge in [-0.2, -0.15) is 4.31 Å². The molecule has 2 N–H and O–H groups in total. The molecule has 8 nitrogen and oxygen atoms in total. The first kappa shape index (κ1) is 18.7. The Hall–Kier alpha value is -2.13. The van der Waals surface area contributed by atoms with Gasteiger partial charge >= 0.3 is 0 Å². The van der Waals surface area contributed by atoms with Crippen molar-refractivity contribution in [3.8, 4) is 0 Å². The van der Waals surface area contributed by atoms with Gasteiger partial charge in [0.1, 0.15) is 6.04 Å². The van der Waals surface area contributed by atoms with Gasteiger partial charge in [-0.1, -0.05) is 0 Å². The van der Waals surface area contributed by atoms with Crippen LogP contribution in [0.15, 0.2) is 24.3 Å². The van der Waals surface area contributed by atoms with Gasteiger partial charge in [-0.15, -0.1) is 0 Å². The number of rotatable bonds is 4. The molecule has 0 aliphatic carbocycles. The number of benzene rings is 1. The zero-order chi connectivity index (χ0) is 18.9. The SMILES string of the molecule is CS(=O)(=O)N1CCC[C@@H]1C(=O)N1CCN(c2ccc(C(N)=O)cc2)CC1. The number of carbonyl (C=O) groups excluding carboxylic acids is 2. The van der Waals surface area contributed by atoms with E-state index in [4.69, 9.17) is 5.73 Å². The van der Waals surface area contributed by atoms with Crippen LogP contribution in [0.3, 0.4) is 0 Å². The molecule has 1 atom stereocenters. The van der Waals surface area contributed by atoms with Crippen LogP contribution in [0.5, 0.6) is 0 Å². The Bertz CT molecular complexity index is 785. The third-order valence-electron chi connectivity index (χ3n) is 5.02. The first-order valence-corrected chi connectivity index (χ1v) is 10.5. The summed E-state index contributed by atoms with van der Waals surface area (Å²) in [6.07, 6.45) is 2.46. The summed E-state index contributed by atoms with van der Waals surface area (Å²) in [6.45, 7) is 2.83. The Kier molecular flexibility index (Phi) is 5.19. The monoisotopic (exact) mass is 380 g/mol. The van der Waals surface area contributed by atoms with Crippen molar-refractivity contribution in [3.05, 3.63) is 29.8 Å². The second-order valence-corrected chi connectivity index (χ2v) is 8.69. The summed E-state index contributed by atoms with van der Waals surface area (Å²) >= 11 is 0. The molecule has 2 saturated heterocycles. The highest BCUT2D eigenvalue weighted by Gasteiger charge is 2.39. The maximum atomic E-state index is 12.8. The Morgan fingerprint density at radius 3 is 2.19 bits per heavy atom. The molecule has 9 heteroatoms. The van der Waals surface area contributed by atoms with Crippen LogP contribution in [-0.2, 0) is 14.8 Å². The predicted molar refractivity (Wildman–Crippen MR) is 98.3 cm³/mol. The lowest BCUT2D eigenvalue weighted by atomic mass is 10.1. The van der Waals surface area contributed by atoms with Gasteiger partial charge in [0, 0.05) is 44.0 Å². The van der Waals surface area contributed by atoms with E-state index < -0.39 is 22.0 Å². The summed E-state index contributed by atoms with van der Waals surface area (Å²) in [4.78, 5) is 27.8. The van der Waals surface area contributed by atoms with E-state index in [0.29, 0.717) is 44.7 Å². The number of hydrogen-bond donors (Lipinski definition) is 1. The van der Waals surface area contributed by atoms with Gasteiger partial charge in [0.2, 0.25) is 21.8 Å². The first-order chi connectivity index (χ1) is 12.3. The van der Waals surface area contributed by atoms with E-state index in [1.165, 1.54) is 4.31 Å². The van der Waals surface area contributed by atoms with Crippen molar-refractivity contribution in [3.63, 3.8) is 0 Å². The Morgan fingerprint density at radius 2 is 1.65 bits per heavy atom. The third-order valence-corrected chi connectivity index (χ3v) is 6.31. The van der Waals surface area contributed by atoms with Crippen LogP contribution in [-0.4, -0.2) is 74.5 Å². The Morgan fingerprint density at radius 1 is 1.04 bits per heavy atom. The fraction of sp³-hybridized carbons (Fsp3) is 0.529. The number of nitrogens with zero attached hydrogens (tertiary/aromatic N) is 3. The van der Waals surface area contributed by atoms with Crippen LogP contribution in [0.4, 0.5) is 5.69 Å². The highest BCUT2D eigenvalue weighted by Crippen LogP contribution is 2.24. The van der Waals surface area contributed by atoms with Crippen LogP contribution in [0.2, 0.25) is 0 Å². The van der Waals surface area contributed by atoms with Crippen LogP contribution in [0.1, 0.15) is 23.2 Å². The zero-order valence-electron chi connectivity index (χ0n) is 14.8. The minimum absolute atomic E-state index is 0.100. The number of primary amides is 1. The molecular weight excluding hydrogens is 356 g/mol. The molecule has 0 saturated carbocycles. The smallest absolute Gasteiger partial charge is 0.248 e. The van der Waals surface area contributed by atoms with Crippen molar-refractivity contribution in [1.82, 2.24) is 9.21 Å². The Balaban J connectivity index is 1.61. The minimum Gasteiger partial charge on any atom is -0.368 e. The number of piperazine rings is 1. The van der Waals surface area contributed by atoms with Gasteiger partial charge in [0.25, 0.3) is 0 Å². The number of carbonyl (C=O) groups is 2. The van der Waals surface area contributed by atoms with E-state index in [1.54, 1.807) is 17.0 Å². The summed E-state index contributed by atoms with van der Waals surface area (Å²) < 4.78 is 25.0. The fourth-order valence-corrected chi connectivity index (χ4v) is 4.73. The van der Waals surface area contributed by atoms with Gasteiger partial charge in [0.15, 0.2) is 0 Å². The van der Waals surface area contributed by atoms with Crippen LogP contribution in [0.25, 0.3) is 0 Å². The summed E-state index contributed by atoms with van der Waals surface area (Å²) in [5.74, 6) is -0.560. The van der Waals surface area contributed by atoms with Crippen LogP contribution < -0.4 is 10.6 Å². The third kappa shape index (κ3) is 3.83. The van der Waals surface area contributed by atoms with Gasteiger partial charge in [-0.3, -0.25) is 9.59 Å². The number of sulfonamides is 1. The number of anilines is 1. The standard InChI is InChI=1S/C17H24N4O4S/c1-26(24,25)21-8-2-3-15(21)17(23)20-11-9-19(10-12-20)14-6-4-13(5-7-14)16(18)22/h4-7,15H,2-3,8-12H2,1H3,(H2,18,22)/t15-/m1/s1. The average molecular weight is 380 g/mol. The van der Waals surface area contributed by atoms with Gasteiger partial charge in [-0.25, -0.2) is 8.42 Å². The topological polar surface area (TPSA) is 104 Å². The maximum Gasteiger partial charge on any atom is 0.248 e. The van der Waals surface area contributed by atoms with Crippen LogP contribution in [0, 0.1) is 0 Å². The molecule has 2 aliphatic rings. The molecule has 0 unspecified atom stereocenters. The predicted octanol–water partition coefficient (Wildman–Crippen LogP) is -0.142. The van der Waals surface area contributed by atoms with E-state index in [0.717, 1.165) is 18.4 Å². The molecule has 0 bridgehead atoms. The second kappa shape index (κ2) is 7.24. The lowest BCUT2D eigenvalue weighted by Crippen LogP contribution is -2.54. The fourth-order valence-electron chi connectivity index (χ4n) is 3.62. The molecule has 2 amide bonds. The van der Waals surface area contributed by atoms with E-state index in [-0.39, 0.29) is 5.91 Å². The van der Waals surface area contributed by atoms with Crippen molar-refractivity contribution < 1.29 is 18.0 Å². The summed E-state index contributed by atoms with van der Waals surface area (Å²) in [5.41, 5.74) is 6.69. The average Bonchev–Trinajstić information content (AvgIpc) is 3.11.